The second kappa shape index (κ2) is 3.30. The van der Waals surface area contributed by atoms with E-state index in [4.69, 9.17) is 0 Å². The fraction of sp³-hybridized carbons (Fsp3) is 0. The van der Waals surface area contributed by atoms with E-state index in [-0.39, 0.29) is 13.6 Å². The fourth-order valence-corrected chi connectivity index (χ4v) is 2.88. The predicted molar refractivity (Wildman–Crippen MR) is 42.2 cm³/mol. The molecule has 0 atom stereocenters. The molecule has 0 aromatic heterocycles. The Morgan fingerprint density at radius 1 is 1.12 bits per heavy atom. The molecule has 1 rings (SSSR count). The number of hydrogen-bond acceptors (Lipinski definition) is 0. The summed E-state index contributed by atoms with van der Waals surface area (Å²) in [7, 11) is 0. The van der Waals surface area contributed by atoms with Gasteiger partial charge in [0.25, 0.3) is 0 Å². The Hall–Kier alpha value is 0.243. The van der Waals surface area contributed by atoms with E-state index in [9.17, 15) is 0 Å². The van der Waals surface area contributed by atoms with Crippen molar-refractivity contribution in [3.8, 4) is 0 Å². The van der Waals surface area contributed by atoms with Gasteiger partial charge < -0.3 is 0 Å². The monoisotopic (exact) mass is 231 g/mol. The van der Waals surface area contributed by atoms with E-state index >= 15 is 0 Å². The van der Waals surface area contributed by atoms with Gasteiger partial charge in [-0.3, -0.25) is 0 Å². The molecule has 0 unspecified atom stereocenters. The number of halogens is 1. The molecule has 1 radical (unpaired) electrons. The first-order valence-electron chi connectivity index (χ1n) is 2.42. The molecule has 2 heteroatoms. The summed E-state index contributed by atoms with van der Waals surface area (Å²) in [5.41, 5.74) is 0. The molecular weight excluding hydrogens is 225 g/mol. The predicted octanol–water partition coefficient (Wildman–Crippen LogP) is 1.06. The molecule has 1 aromatic carbocycles. The van der Waals surface area contributed by atoms with E-state index in [2.05, 4.69) is 38.3 Å². The summed E-state index contributed by atoms with van der Waals surface area (Å²) < 4.78 is 1.48. The molecule has 0 N–H and O–H groups in total. The van der Waals surface area contributed by atoms with Crippen LogP contribution in [0.15, 0.2) is 30.3 Å². The third-order valence-corrected chi connectivity index (χ3v) is 5.01. The average molecular weight is 231 g/mol. The minimum atomic E-state index is -0.227. The van der Waals surface area contributed by atoms with E-state index in [1.807, 2.05) is 6.07 Å². The summed E-state index contributed by atoms with van der Waals surface area (Å²) in [5, 5.41) is 0. The Balaban J connectivity index is 2.83. The second-order valence-corrected chi connectivity index (χ2v) is 5.76. The van der Waals surface area contributed by atoms with Crippen molar-refractivity contribution in [1.82, 2.24) is 0 Å². The molecule has 0 saturated carbocycles. The zero-order valence-electron chi connectivity index (χ0n) is 4.34. The van der Waals surface area contributed by atoms with Crippen molar-refractivity contribution in [2.75, 3.05) is 0 Å². The van der Waals surface area contributed by atoms with Gasteiger partial charge in [0.15, 0.2) is 0 Å². The van der Waals surface area contributed by atoms with Crippen LogP contribution in [-0.4, -0.2) is 13.6 Å². The van der Waals surface area contributed by atoms with Crippen LogP contribution in [0.3, 0.4) is 0 Å². The molecule has 0 aliphatic rings. The van der Waals surface area contributed by atoms with Gasteiger partial charge in [-0.25, -0.2) is 0 Å². The van der Waals surface area contributed by atoms with Crippen molar-refractivity contribution < 1.29 is 0 Å². The summed E-state index contributed by atoms with van der Waals surface area (Å²) in [4.78, 5) is 0. The minimum absolute atomic E-state index is 0.227. The van der Waals surface area contributed by atoms with E-state index < -0.39 is 0 Å². The molecule has 8 heavy (non-hydrogen) atoms. The van der Waals surface area contributed by atoms with Crippen LogP contribution in [0.4, 0.5) is 0 Å². The molecular formula is C6H6BrGe. The van der Waals surface area contributed by atoms with Gasteiger partial charge in [-0.15, -0.1) is 0 Å². The Bertz CT molecular complexity index is 150. The fourth-order valence-electron chi connectivity index (χ4n) is 0.526. The van der Waals surface area contributed by atoms with Gasteiger partial charge in [0.05, 0.1) is 0 Å². The van der Waals surface area contributed by atoms with E-state index in [0.29, 0.717) is 0 Å². The van der Waals surface area contributed by atoms with Gasteiger partial charge in [-0.05, 0) is 0 Å². The molecule has 0 heterocycles. The standard InChI is InChI=1S/C6H6BrGe/c7-8-6-4-2-1-3-5-6/h1-5,8H. The van der Waals surface area contributed by atoms with Gasteiger partial charge >= 0.3 is 62.3 Å². The van der Waals surface area contributed by atoms with E-state index in [0.717, 1.165) is 0 Å². The van der Waals surface area contributed by atoms with Crippen molar-refractivity contribution in [3.63, 3.8) is 0 Å². The molecule has 0 fully saturated rings. The number of benzene rings is 1. The topological polar surface area (TPSA) is 0 Å². The van der Waals surface area contributed by atoms with E-state index in [1.54, 1.807) is 0 Å². The van der Waals surface area contributed by atoms with Crippen LogP contribution in [-0.2, 0) is 0 Å². The first kappa shape index (κ1) is 6.36. The SMILES string of the molecule is [Br][GeH][c]1ccccc1. The van der Waals surface area contributed by atoms with Gasteiger partial charge in [0, 0.05) is 0 Å². The summed E-state index contributed by atoms with van der Waals surface area (Å²) >= 11 is 3.29. The Morgan fingerprint density at radius 2 is 1.75 bits per heavy atom. The molecule has 0 saturated heterocycles. The Morgan fingerprint density at radius 3 is 2.12 bits per heavy atom. The van der Waals surface area contributed by atoms with Gasteiger partial charge in [0.1, 0.15) is 0 Å². The van der Waals surface area contributed by atoms with Crippen LogP contribution in [0, 0.1) is 0 Å². The van der Waals surface area contributed by atoms with Crippen molar-refractivity contribution in [2.45, 2.75) is 0 Å². The van der Waals surface area contributed by atoms with Crippen molar-refractivity contribution >= 4 is 32.0 Å². The normalized spacial score (nSPS) is 9.12. The van der Waals surface area contributed by atoms with Crippen LogP contribution in [0.1, 0.15) is 0 Å². The van der Waals surface area contributed by atoms with Gasteiger partial charge in [-0.1, -0.05) is 0 Å². The van der Waals surface area contributed by atoms with Crippen LogP contribution >= 0.6 is 14.0 Å². The van der Waals surface area contributed by atoms with Crippen molar-refractivity contribution in [3.05, 3.63) is 30.3 Å². The quantitative estimate of drug-likeness (QED) is 0.633. The van der Waals surface area contributed by atoms with Crippen LogP contribution in [0.2, 0.25) is 0 Å². The van der Waals surface area contributed by atoms with E-state index in [1.165, 1.54) is 4.40 Å². The Kier molecular flexibility index (Phi) is 2.63. The van der Waals surface area contributed by atoms with Crippen molar-refractivity contribution in [1.29, 1.82) is 0 Å². The molecule has 0 amide bonds. The summed E-state index contributed by atoms with van der Waals surface area (Å²) in [6, 6.07) is 10.5. The molecule has 0 aliphatic heterocycles. The summed E-state index contributed by atoms with van der Waals surface area (Å²) in [6.45, 7) is 0. The van der Waals surface area contributed by atoms with Gasteiger partial charge in [-0.2, -0.15) is 0 Å². The third kappa shape index (κ3) is 1.64. The molecule has 41 valence electrons. The molecule has 0 nitrogen and oxygen atoms in total. The zero-order valence-corrected chi connectivity index (χ0v) is 8.35. The average Bonchev–Trinajstić information content (AvgIpc) is 1.90. The van der Waals surface area contributed by atoms with Crippen molar-refractivity contribution in [2.24, 2.45) is 0 Å². The zero-order chi connectivity index (χ0) is 5.82. The molecule has 1 aromatic rings. The maximum absolute atomic E-state index is 3.51. The van der Waals surface area contributed by atoms with Crippen LogP contribution in [0.25, 0.3) is 0 Å². The van der Waals surface area contributed by atoms with Crippen LogP contribution in [0.5, 0.6) is 0 Å². The summed E-state index contributed by atoms with van der Waals surface area (Å²) in [6.07, 6.45) is 0. The third-order valence-electron chi connectivity index (χ3n) is 0.926. The Labute approximate surface area is 62.4 Å². The molecule has 0 bridgehead atoms. The molecule has 0 aliphatic carbocycles. The number of hydrogen-bond donors (Lipinski definition) is 0. The summed E-state index contributed by atoms with van der Waals surface area (Å²) in [5.74, 6) is 0. The van der Waals surface area contributed by atoms with Crippen LogP contribution < -0.4 is 4.40 Å². The first-order valence-corrected chi connectivity index (χ1v) is 9.30. The first-order chi connectivity index (χ1) is 3.93. The second-order valence-electron chi connectivity index (χ2n) is 1.52. The van der Waals surface area contributed by atoms with Gasteiger partial charge in [0.2, 0.25) is 0 Å². The maximum atomic E-state index is 3.51. The number of rotatable bonds is 1. The molecule has 0 spiro atoms.